The van der Waals surface area contributed by atoms with E-state index in [1.807, 2.05) is 38.1 Å². The first-order valence-electron chi connectivity index (χ1n) is 4.41. The molecule has 1 rings (SSSR count). The first-order valence-corrected chi connectivity index (χ1v) is 5.22. The van der Waals surface area contributed by atoms with E-state index < -0.39 is 0 Å². The molecule has 1 radical (unpaired) electrons. The van der Waals surface area contributed by atoms with Gasteiger partial charge < -0.3 is 0 Å². The molecule has 0 aromatic heterocycles. The van der Waals surface area contributed by atoms with E-state index in [1.165, 1.54) is 0 Å². The van der Waals surface area contributed by atoms with Gasteiger partial charge in [-0.3, -0.25) is 0 Å². The molecule has 2 heteroatoms. The highest BCUT2D eigenvalue weighted by molar-refractivity contribution is 6.29. The van der Waals surface area contributed by atoms with Crippen molar-refractivity contribution in [2.24, 2.45) is 0 Å². The third kappa shape index (κ3) is 2.89. The Morgan fingerprint density at radius 3 is 2.23 bits per heavy atom. The zero-order chi connectivity index (χ0) is 9.84. The van der Waals surface area contributed by atoms with Gasteiger partial charge in [-0.1, -0.05) is 31.2 Å². The Balaban J connectivity index is 2.81. The summed E-state index contributed by atoms with van der Waals surface area (Å²) in [6.07, 6.45) is 0.872. The largest absolute Gasteiger partial charge is 0.118 e. The van der Waals surface area contributed by atoms with Crippen LogP contribution in [0.2, 0.25) is 0 Å². The number of hydrogen-bond acceptors (Lipinski definition) is 0. The minimum Gasteiger partial charge on any atom is -0.118 e. The smallest absolute Gasteiger partial charge is 0.0924 e. The molecule has 0 nitrogen and oxygen atoms in total. The molecule has 71 valence electrons. The molecule has 0 N–H and O–H groups in total. The van der Waals surface area contributed by atoms with Crippen LogP contribution in [0.25, 0.3) is 0 Å². The van der Waals surface area contributed by atoms with E-state index in [9.17, 15) is 0 Å². The summed E-state index contributed by atoms with van der Waals surface area (Å²) in [5, 5.41) is 0.961. The normalized spacial score (nSPS) is 13.3. The highest BCUT2D eigenvalue weighted by atomic mass is 35.5. The zero-order valence-electron chi connectivity index (χ0n) is 7.85. The van der Waals surface area contributed by atoms with Gasteiger partial charge in [-0.05, 0) is 24.5 Å². The Bertz CT molecular complexity index is 251. The fourth-order valence-corrected chi connectivity index (χ4v) is 1.40. The van der Waals surface area contributed by atoms with E-state index in [1.54, 1.807) is 0 Å². The molecule has 0 bridgehead atoms. The average Bonchev–Trinajstić information content (AvgIpc) is 2.17. The molecule has 13 heavy (non-hydrogen) atoms. The fraction of sp³-hybridized carbons (Fsp3) is 0.364. The molecule has 0 aliphatic carbocycles. The lowest BCUT2D eigenvalue weighted by molar-refractivity contribution is 1.06. The molecule has 1 atom stereocenters. The molecule has 0 heterocycles. The van der Waals surface area contributed by atoms with Gasteiger partial charge in [0.05, 0.1) is 10.8 Å². The second-order valence-corrected chi connectivity index (χ2v) is 4.11. The molecule has 1 aromatic carbocycles. The molecule has 0 aliphatic rings. The Labute approximate surface area is 89.9 Å². The Morgan fingerprint density at radius 1 is 1.31 bits per heavy atom. The highest BCUT2D eigenvalue weighted by Crippen LogP contribution is 2.25. The lowest BCUT2D eigenvalue weighted by Crippen LogP contribution is -1.90. The summed E-state index contributed by atoms with van der Waals surface area (Å²) in [5.41, 5.74) is 2.22. The lowest BCUT2D eigenvalue weighted by Gasteiger charge is -2.07. The van der Waals surface area contributed by atoms with E-state index in [0.717, 1.165) is 22.9 Å². The monoisotopic (exact) mass is 215 g/mol. The third-order valence-electron chi connectivity index (χ3n) is 1.99. The van der Waals surface area contributed by atoms with Crippen molar-refractivity contribution >= 4 is 23.2 Å². The molecule has 1 unspecified atom stereocenters. The van der Waals surface area contributed by atoms with Crippen LogP contribution in [0, 0.1) is 5.38 Å². The van der Waals surface area contributed by atoms with Gasteiger partial charge in [0.2, 0.25) is 0 Å². The van der Waals surface area contributed by atoms with Gasteiger partial charge >= 0.3 is 0 Å². The molecular weight excluding hydrogens is 203 g/mol. The Kier molecular flexibility index (Phi) is 4.08. The Morgan fingerprint density at radius 2 is 1.85 bits per heavy atom. The van der Waals surface area contributed by atoms with Crippen LogP contribution in [0.1, 0.15) is 36.8 Å². The van der Waals surface area contributed by atoms with Crippen molar-refractivity contribution < 1.29 is 0 Å². The SMILES string of the molecule is CC[C](Cl)c1ccc(C(C)Cl)cc1. The summed E-state index contributed by atoms with van der Waals surface area (Å²) >= 11 is 11.9. The van der Waals surface area contributed by atoms with Crippen molar-refractivity contribution in [1.82, 2.24) is 0 Å². The summed E-state index contributed by atoms with van der Waals surface area (Å²) in [6, 6.07) is 8.07. The lowest BCUT2D eigenvalue weighted by atomic mass is 10.1. The van der Waals surface area contributed by atoms with Crippen molar-refractivity contribution in [1.29, 1.82) is 0 Å². The van der Waals surface area contributed by atoms with Crippen molar-refractivity contribution in [3.05, 3.63) is 40.8 Å². The van der Waals surface area contributed by atoms with Gasteiger partial charge in [0.15, 0.2) is 0 Å². The molecule has 0 amide bonds. The van der Waals surface area contributed by atoms with Gasteiger partial charge in [-0.25, -0.2) is 0 Å². The fourth-order valence-electron chi connectivity index (χ4n) is 1.13. The van der Waals surface area contributed by atoms with Crippen LogP contribution in [0.15, 0.2) is 24.3 Å². The first-order chi connectivity index (χ1) is 6.15. The molecule has 1 aromatic rings. The molecular formula is C11H13Cl2. The Hall–Kier alpha value is -0.200. The number of alkyl halides is 1. The maximum absolute atomic E-state index is 6.01. The number of rotatable bonds is 3. The minimum absolute atomic E-state index is 0.0643. The summed E-state index contributed by atoms with van der Waals surface area (Å²) < 4.78 is 0. The predicted octanol–water partition coefficient (Wildman–Crippen LogP) is 4.52. The van der Waals surface area contributed by atoms with E-state index >= 15 is 0 Å². The van der Waals surface area contributed by atoms with E-state index in [-0.39, 0.29) is 5.38 Å². The van der Waals surface area contributed by atoms with Crippen LogP contribution in [0.4, 0.5) is 0 Å². The quantitative estimate of drug-likeness (QED) is 0.652. The van der Waals surface area contributed by atoms with Crippen molar-refractivity contribution in [2.45, 2.75) is 25.6 Å². The van der Waals surface area contributed by atoms with Gasteiger partial charge in [0, 0.05) is 0 Å². The van der Waals surface area contributed by atoms with Crippen LogP contribution in [0.3, 0.4) is 0 Å². The van der Waals surface area contributed by atoms with Gasteiger partial charge in [-0.15, -0.1) is 23.2 Å². The highest BCUT2D eigenvalue weighted by Gasteiger charge is 2.06. The summed E-state index contributed by atoms with van der Waals surface area (Å²) in [6.45, 7) is 4.00. The molecule has 0 saturated carbocycles. The van der Waals surface area contributed by atoms with Crippen molar-refractivity contribution in [3.8, 4) is 0 Å². The average molecular weight is 216 g/mol. The summed E-state index contributed by atoms with van der Waals surface area (Å²) in [7, 11) is 0. The standard InChI is InChI=1S/C11H13Cl2/c1-3-11(13)10-6-4-9(5-7-10)8(2)12/h4-8H,3H2,1-2H3. The summed E-state index contributed by atoms with van der Waals surface area (Å²) in [5.74, 6) is 0. The van der Waals surface area contributed by atoms with Crippen LogP contribution in [-0.2, 0) is 0 Å². The molecule has 0 saturated heterocycles. The minimum atomic E-state index is 0.0643. The van der Waals surface area contributed by atoms with Crippen LogP contribution in [-0.4, -0.2) is 0 Å². The van der Waals surface area contributed by atoms with E-state index in [4.69, 9.17) is 23.2 Å². The number of halogens is 2. The van der Waals surface area contributed by atoms with Crippen LogP contribution >= 0.6 is 23.2 Å². The molecule has 0 aliphatic heterocycles. The number of hydrogen-bond donors (Lipinski definition) is 0. The maximum atomic E-state index is 6.01. The topological polar surface area (TPSA) is 0 Å². The first kappa shape index (κ1) is 10.9. The molecule has 0 fully saturated rings. The number of benzene rings is 1. The van der Waals surface area contributed by atoms with Crippen molar-refractivity contribution in [3.63, 3.8) is 0 Å². The maximum Gasteiger partial charge on any atom is 0.0924 e. The second kappa shape index (κ2) is 4.88. The zero-order valence-corrected chi connectivity index (χ0v) is 9.36. The van der Waals surface area contributed by atoms with Gasteiger partial charge in [0.1, 0.15) is 0 Å². The summed E-state index contributed by atoms with van der Waals surface area (Å²) in [4.78, 5) is 0. The van der Waals surface area contributed by atoms with Crippen molar-refractivity contribution in [2.75, 3.05) is 0 Å². The van der Waals surface area contributed by atoms with Crippen LogP contribution < -0.4 is 0 Å². The van der Waals surface area contributed by atoms with E-state index in [0.29, 0.717) is 0 Å². The van der Waals surface area contributed by atoms with Gasteiger partial charge in [0.25, 0.3) is 0 Å². The van der Waals surface area contributed by atoms with Crippen LogP contribution in [0.5, 0.6) is 0 Å². The molecule has 0 spiro atoms. The van der Waals surface area contributed by atoms with Gasteiger partial charge in [-0.2, -0.15) is 0 Å². The third-order valence-corrected chi connectivity index (χ3v) is 2.73. The second-order valence-electron chi connectivity index (χ2n) is 3.00. The predicted molar refractivity (Wildman–Crippen MR) is 59.2 cm³/mol. The van der Waals surface area contributed by atoms with E-state index in [2.05, 4.69) is 0 Å².